The van der Waals surface area contributed by atoms with E-state index in [2.05, 4.69) is 31.1 Å². The highest BCUT2D eigenvalue weighted by Gasteiger charge is 2.23. The number of carbonyl (C=O) groups excluding carboxylic acids is 1. The van der Waals surface area contributed by atoms with E-state index in [0.717, 1.165) is 36.6 Å². The first-order chi connectivity index (χ1) is 9.38. The molecule has 2 rings (SSSR count). The summed E-state index contributed by atoms with van der Waals surface area (Å²) >= 11 is 1.65. The summed E-state index contributed by atoms with van der Waals surface area (Å²) in [5.41, 5.74) is 0.970. The number of carbonyl (C=O) groups is 1. The van der Waals surface area contributed by atoms with Crippen molar-refractivity contribution in [1.82, 2.24) is 15.2 Å². The summed E-state index contributed by atoms with van der Waals surface area (Å²) in [6.45, 7) is 8.47. The van der Waals surface area contributed by atoms with E-state index in [0.29, 0.717) is 12.5 Å². The van der Waals surface area contributed by atoms with Gasteiger partial charge in [0.1, 0.15) is 0 Å². The van der Waals surface area contributed by atoms with Crippen LogP contribution < -0.4 is 5.32 Å². The number of rotatable bonds is 3. The molecule has 1 amide bonds. The highest BCUT2D eigenvalue weighted by Crippen LogP contribution is 2.26. The monoisotopic (exact) mass is 367 g/mol. The molecule has 0 aliphatic carbocycles. The number of amides is 1. The van der Waals surface area contributed by atoms with Crippen LogP contribution in [-0.2, 0) is 16.6 Å². The summed E-state index contributed by atoms with van der Waals surface area (Å²) in [4.78, 5) is 18.9. The maximum atomic E-state index is 12.3. The summed E-state index contributed by atoms with van der Waals surface area (Å²) in [5, 5.41) is 6.45. The number of halogens is 2. The second kappa shape index (κ2) is 9.06. The van der Waals surface area contributed by atoms with Crippen LogP contribution in [0.15, 0.2) is 5.38 Å². The van der Waals surface area contributed by atoms with Crippen LogP contribution in [0.4, 0.5) is 0 Å². The van der Waals surface area contributed by atoms with Crippen LogP contribution in [-0.4, -0.2) is 42.0 Å². The first kappa shape index (κ1) is 21.6. The lowest BCUT2D eigenvalue weighted by molar-refractivity contribution is -0.131. The molecule has 1 aromatic heterocycles. The Morgan fingerprint density at radius 1 is 1.36 bits per heavy atom. The van der Waals surface area contributed by atoms with Crippen LogP contribution in [0, 0.1) is 0 Å². The van der Waals surface area contributed by atoms with E-state index in [1.54, 1.807) is 11.3 Å². The Balaban J connectivity index is 0.00000220. The molecule has 0 saturated carbocycles. The molecule has 0 unspecified atom stereocenters. The summed E-state index contributed by atoms with van der Waals surface area (Å²) in [7, 11) is 1.93. The lowest BCUT2D eigenvalue weighted by Crippen LogP contribution is -2.44. The summed E-state index contributed by atoms with van der Waals surface area (Å²) in [6.07, 6.45) is 2.52. The number of likely N-dealkylation sites (N-methyl/N-ethyl adjacent to an activating group) is 1. The Bertz CT molecular complexity index is 468. The van der Waals surface area contributed by atoms with Crippen molar-refractivity contribution in [3.05, 3.63) is 16.1 Å². The Morgan fingerprint density at radius 2 is 1.95 bits per heavy atom. The van der Waals surface area contributed by atoms with Crippen molar-refractivity contribution in [2.45, 2.75) is 51.5 Å². The van der Waals surface area contributed by atoms with Gasteiger partial charge in [0.15, 0.2) is 0 Å². The van der Waals surface area contributed by atoms with Crippen LogP contribution in [0.5, 0.6) is 0 Å². The van der Waals surface area contributed by atoms with Crippen molar-refractivity contribution < 1.29 is 4.79 Å². The second-order valence-corrected chi connectivity index (χ2v) is 7.41. The average Bonchev–Trinajstić information content (AvgIpc) is 2.87. The van der Waals surface area contributed by atoms with Gasteiger partial charge in [-0.05, 0) is 25.9 Å². The lowest BCUT2D eigenvalue weighted by atomic mass is 9.98. The number of nitrogens with zero attached hydrogens (tertiary/aromatic N) is 2. The van der Waals surface area contributed by atoms with Gasteiger partial charge in [0.05, 0.1) is 17.1 Å². The van der Waals surface area contributed by atoms with Crippen LogP contribution in [0.25, 0.3) is 0 Å². The molecule has 22 heavy (non-hydrogen) atoms. The number of nitrogens with one attached hydrogen (secondary N) is 1. The Hall–Kier alpha value is -0.360. The maximum absolute atomic E-state index is 12.3. The van der Waals surface area contributed by atoms with Crippen molar-refractivity contribution in [2.75, 3.05) is 20.1 Å². The molecule has 2 heterocycles. The maximum Gasteiger partial charge on any atom is 0.228 e. The zero-order chi connectivity index (χ0) is 14.8. The third-order valence-electron chi connectivity index (χ3n) is 3.78. The van der Waals surface area contributed by atoms with Gasteiger partial charge in [-0.15, -0.1) is 36.2 Å². The number of hydrogen-bond acceptors (Lipinski definition) is 4. The molecular formula is C15H27Cl2N3OS. The quantitative estimate of drug-likeness (QED) is 0.892. The van der Waals surface area contributed by atoms with E-state index in [1.807, 2.05) is 17.3 Å². The predicted molar refractivity (Wildman–Crippen MR) is 97.7 cm³/mol. The van der Waals surface area contributed by atoms with Crippen LogP contribution in [0.1, 0.15) is 44.3 Å². The van der Waals surface area contributed by atoms with Crippen molar-refractivity contribution in [1.29, 1.82) is 0 Å². The average molecular weight is 368 g/mol. The molecule has 0 radical (unpaired) electrons. The van der Waals surface area contributed by atoms with E-state index < -0.39 is 0 Å². The minimum absolute atomic E-state index is 0. The third-order valence-corrected chi connectivity index (χ3v) is 5.09. The molecule has 1 saturated heterocycles. The predicted octanol–water partition coefficient (Wildman–Crippen LogP) is 3.04. The van der Waals surface area contributed by atoms with Crippen molar-refractivity contribution >= 4 is 42.1 Å². The molecule has 1 aliphatic rings. The minimum Gasteiger partial charge on any atom is -0.342 e. The van der Waals surface area contributed by atoms with Gasteiger partial charge in [-0.1, -0.05) is 20.8 Å². The van der Waals surface area contributed by atoms with E-state index in [4.69, 9.17) is 0 Å². The van der Waals surface area contributed by atoms with E-state index in [1.165, 1.54) is 0 Å². The molecular weight excluding hydrogens is 341 g/mol. The van der Waals surface area contributed by atoms with Crippen molar-refractivity contribution in [3.63, 3.8) is 0 Å². The molecule has 7 heteroatoms. The highest BCUT2D eigenvalue weighted by molar-refractivity contribution is 7.09. The molecule has 1 N–H and O–H groups in total. The van der Waals surface area contributed by atoms with Gasteiger partial charge in [-0.25, -0.2) is 4.98 Å². The molecule has 0 spiro atoms. The van der Waals surface area contributed by atoms with Gasteiger partial charge in [0, 0.05) is 23.9 Å². The topological polar surface area (TPSA) is 45.2 Å². The first-order valence-electron chi connectivity index (χ1n) is 7.29. The largest absolute Gasteiger partial charge is 0.342 e. The summed E-state index contributed by atoms with van der Waals surface area (Å²) in [6, 6.07) is 0.379. The fourth-order valence-corrected chi connectivity index (χ4v) is 3.32. The molecule has 4 nitrogen and oxygen atoms in total. The third kappa shape index (κ3) is 5.69. The zero-order valence-electron chi connectivity index (χ0n) is 13.7. The Kier molecular flexibility index (Phi) is 8.91. The van der Waals surface area contributed by atoms with Gasteiger partial charge in [0.25, 0.3) is 0 Å². The molecule has 128 valence electrons. The summed E-state index contributed by atoms with van der Waals surface area (Å²) < 4.78 is 0. The molecule has 1 aromatic rings. The van der Waals surface area contributed by atoms with Crippen molar-refractivity contribution in [3.8, 4) is 0 Å². The fraction of sp³-hybridized carbons (Fsp3) is 0.733. The number of hydrogen-bond donors (Lipinski definition) is 1. The van der Waals surface area contributed by atoms with Crippen molar-refractivity contribution in [2.24, 2.45) is 0 Å². The normalized spacial score (nSPS) is 15.6. The van der Waals surface area contributed by atoms with Crippen LogP contribution in [0.3, 0.4) is 0 Å². The fourth-order valence-electron chi connectivity index (χ4n) is 2.41. The van der Waals surface area contributed by atoms with Crippen LogP contribution >= 0.6 is 36.2 Å². The van der Waals surface area contributed by atoms with Gasteiger partial charge in [-0.2, -0.15) is 0 Å². The Labute approximate surface area is 149 Å². The number of aromatic nitrogens is 1. The molecule has 1 fully saturated rings. The van der Waals surface area contributed by atoms with Crippen LogP contribution in [0.2, 0.25) is 0 Å². The van der Waals surface area contributed by atoms with E-state index in [9.17, 15) is 4.79 Å². The molecule has 0 bridgehead atoms. The van der Waals surface area contributed by atoms with Gasteiger partial charge >= 0.3 is 0 Å². The van der Waals surface area contributed by atoms with Gasteiger partial charge < -0.3 is 10.2 Å². The molecule has 1 aliphatic heterocycles. The standard InChI is InChI=1S/C15H25N3OS.2ClH/c1-15(2,3)14-17-11(10-20-14)9-13(19)18(4)12-5-7-16-8-6-12;;/h10,12,16H,5-9H2,1-4H3;2*1H. The van der Waals surface area contributed by atoms with E-state index in [-0.39, 0.29) is 36.1 Å². The minimum atomic E-state index is 0. The molecule has 0 atom stereocenters. The smallest absolute Gasteiger partial charge is 0.228 e. The first-order valence-corrected chi connectivity index (χ1v) is 8.17. The second-order valence-electron chi connectivity index (χ2n) is 6.56. The summed E-state index contributed by atoms with van der Waals surface area (Å²) in [5.74, 6) is 0.183. The number of thiazole rings is 1. The van der Waals surface area contributed by atoms with Gasteiger partial charge in [-0.3, -0.25) is 4.79 Å². The lowest BCUT2D eigenvalue weighted by Gasteiger charge is -2.31. The van der Waals surface area contributed by atoms with E-state index >= 15 is 0 Å². The highest BCUT2D eigenvalue weighted by atomic mass is 35.5. The van der Waals surface area contributed by atoms with Gasteiger partial charge in [0.2, 0.25) is 5.91 Å². The SMILES string of the molecule is CN(C(=O)Cc1csc(C(C)(C)C)n1)C1CCNCC1.Cl.Cl. The Morgan fingerprint density at radius 3 is 2.45 bits per heavy atom. The molecule has 0 aromatic carbocycles. The zero-order valence-corrected chi connectivity index (χ0v) is 16.2. The number of piperidine rings is 1.